The van der Waals surface area contributed by atoms with Gasteiger partial charge >= 0.3 is 19.8 Å². The number of hydrogen-bond acceptors (Lipinski definition) is 10. The maximum absolute atomic E-state index is 13.3. The number of carboxylic acids is 2. The van der Waals surface area contributed by atoms with E-state index in [9.17, 15) is 53.0 Å². The van der Waals surface area contributed by atoms with Crippen LogP contribution in [-0.2, 0) is 42.7 Å². The standard InChI is InChI=1S/C25H45N6O13P/c1-5-12(3)19(27)23(37)31-20(13(4)6-2)24(38)30-16(11-44-45(41,42)43)22(36)28-14(7-9-17(26)32)21(35)29-15(25(39)40)8-10-18(33)34/h12-16,19-20H,5-11,27H2,1-4H3,(H2,26,32)(H,28,36)(H,29,35)(H,30,38)(H,31,37)(H,33,34)(H,39,40)(H2,41,42,43)/t12-,13-,14-,15-,16-,19-,20-/m0/s1. The first-order valence-corrected chi connectivity index (χ1v) is 15.7. The highest BCUT2D eigenvalue weighted by Crippen LogP contribution is 2.35. The van der Waals surface area contributed by atoms with Crippen molar-refractivity contribution in [2.45, 2.75) is 96.4 Å². The second kappa shape index (κ2) is 19.7. The van der Waals surface area contributed by atoms with Gasteiger partial charge in [0.2, 0.25) is 29.5 Å². The maximum atomic E-state index is 13.3. The molecule has 0 saturated carbocycles. The number of aliphatic carboxylic acids is 2. The Kier molecular flexibility index (Phi) is 18.1. The monoisotopic (exact) mass is 668 g/mol. The summed E-state index contributed by atoms with van der Waals surface area (Å²) in [4.78, 5) is 104. The van der Waals surface area contributed by atoms with Crippen molar-refractivity contribution < 1.29 is 62.7 Å². The molecule has 0 rings (SSSR count). The summed E-state index contributed by atoms with van der Waals surface area (Å²) < 4.78 is 15.8. The third-order valence-electron chi connectivity index (χ3n) is 6.97. The van der Waals surface area contributed by atoms with Crippen molar-refractivity contribution in [1.29, 1.82) is 0 Å². The lowest BCUT2D eigenvalue weighted by Gasteiger charge is -2.29. The molecule has 0 aliphatic heterocycles. The van der Waals surface area contributed by atoms with Crippen molar-refractivity contribution >= 4 is 49.3 Å². The molecule has 0 unspecified atom stereocenters. The summed E-state index contributed by atoms with van der Waals surface area (Å²) in [6, 6.07) is -7.49. The van der Waals surface area contributed by atoms with Crippen LogP contribution in [0.25, 0.3) is 0 Å². The highest BCUT2D eigenvalue weighted by molar-refractivity contribution is 7.46. The zero-order valence-electron chi connectivity index (χ0n) is 25.6. The van der Waals surface area contributed by atoms with Crippen LogP contribution < -0.4 is 32.7 Å². The summed E-state index contributed by atoms with van der Waals surface area (Å²) in [5.74, 6) is -8.61. The Labute approximate surface area is 259 Å². The topological polar surface area (TPSA) is 327 Å². The Bertz CT molecular complexity index is 1120. The first kappa shape index (κ1) is 41.4. The highest BCUT2D eigenvalue weighted by Gasteiger charge is 2.35. The lowest BCUT2D eigenvalue weighted by molar-refractivity contribution is -0.143. The molecule has 7 atom stereocenters. The van der Waals surface area contributed by atoms with Gasteiger partial charge in [-0.2, -0.15) is 0 Å². The van der Waals surface area contributed by atoms with Crippen LogP contribution in [0.4, 0.5) is 0 Å². The number of amides is 5. The average Bonchev–Trinajstić information content (AvgIpc) is 2.95. The van der Waals surface area contributed by atoms with E-state index < -0.39 is 118 Å². The minimum atomic E-state index is -5.20. The zero-order chi connectivity index (χ0) is 35.1. The second-order valence-corrected chi connectivity index (χ2v) is 11.8. The molecular weight excluding hydrogens is 623 g/mol. The van der Waals surface area contributed by atoms with Gasteiger partial charge in [0.15, 0.2) is 0 Å². The van der Waals surface area contributed by atoms with E-state index >= 15 is 0 Å². The first-order chi connectivity index (χ1) is 20.7. The highest BCUT2D eigenvalue weighted by atomic mass is 31.2. The van der Waals surface area contributed by atoms with Crippen LogP contribution in [0.5, 0.6) is 0 Å². The van der Waals surface area contributed by atoms with Crippen molar-refractivity contribution in [3.8, 4) is 0 Å². The summed E-state index contributed by atoms with van der Waals surface area (Å²) in [6.07, 6.45) is -1.18. The minimum absolute atomic E-state index is 0.242. The third-order valence-corrected chi connectivity index (χ3v) is 7.45. The molecule has 0 bridgehead atoms. The number of nitrogens with one attached hydrogen (secondary N) is 4. The van der Waals surface area contributed by atoms with E-state index in [1.54, 1.807) is 20.8 Å². The smallest absolute Gasteiger partial charge is 0.469 e. The van der Waals surface area contributed by atoms with Gasteiger partial charge in [0, 0.05) is 12.8 Å². The number of phosphoric acid groups is 1. The molecule has 0 spiro atoms. The van der Waals surface area contributed by atoms with Gasteiger partial charge in [0.1, 0.15) is 24.2 Å². The number of phosphoric ester groups is 1. The molecule has 45 heavy (non-hydrogen) atoms. The number of carbonyl (C=O) groups is 7. The summed E-state index contributed by atoms with van der Waals surface area (Å²) in [7, 11) is -5.20. The zero-order valence-corrected chi connectivity index (χ0v) is 26.5. The van der Waals surface area contributed by atoms with Gasteiger partial charge in [-0.25, -0.2) is 9.36 Å². The van der Waals surface area contributed by atoms with Crippen LogP contribution in [-0.4, -0.2) is 98.3 Å². The summed E-state index contributed by atoms with van der Waals surface area (Å²) in [6.45, 7) is 5.77. The fourth-order valence-electron chi connectivity index (χ4n) is 3.71. The van der Waals surface area contributed by atoms with Gasteiger partial charge in [-0.3, -0.25) is 33.3 Å². The van der Waals surface area contributed by atoms with E-state index in [4.69, 9.17) is 16.6 Å². The Morgan fingerprint density at radius 3 is 1.69 bits per heavy atom. The van der Waals surface area contributed by atoms with E-state index in [1.165, 1.54) is 0 Å². The summed E-state index contributed by atoms with van der Waals surface area (Å²) in [5, 5.41) is 27.2. The van der Waals surface area contributed by atoms with E-state index in [2.05, 4.69) is 25.8 Å². The van der Waals surface area contributed by atoms with Crippen LogP contribution in [0, 0.1) is 11.8 Å². The summed E-state index contributed by atoms with van der Waals surface area (Å²) in [5.41, 5.74) is 11.1. The van der Waals surface area contributed by atoms with E-state index in [0.717, 1.165) is 0 Å². The molecule has 12 N–H and O–H groups in total. The average molecular weight is 669 g/mol. The SMILES string of the molecule is CC[C@H](C)[C@H](N)C(=O)N[C@H](C(=O)N[C@@H](COP(=O)(O)O)C(=O)N[C@@H](CCC(N)=O)C(=O)N[C@@H](CCC(=O)O)C(=O)O)[C@@H](C)CC. The normalized spacial score (nSPS) is 16.1. The van der Waals surface area contributed by atoms with Crippen LogP contribution in [0.1, 0.15) is 66.2 Å². The number of rotatable bonds is 22. The molecule has 0 aliphatic carbocycles. The molecule has 0 heterocycles. The van der Waals surface area contributed by atoms with Crippen molar-refractivity contribution in [2.75, 3.05) is 6.61 Å². The molecule has 258 valence electrons. The molecule has 0 aromatic heterocycles. The Morgan fingerprint density at radius 1 is 0.733 bits per heavy atom. The number of carbonyl (C=O) groups excluding carboxylic acids is 5. The van der Waals surface area contributed by atoms with Gasteiger partial charge < -0.3 is 52.7 Å². The quantitative estimate of drug-likeness (QED) is 0.0541. The molecule has 0 radical (unpaired) electrons. The van der Waals surface area contributed by atoms with Crippen LogP contribution in [0.3, 0.4) is 0 Å². The minimum Gasteiger partial charge on any atom is -0.481 e. The molecule has 19 nitrogen and oxygen atoms in total. The number of carboxylic acid groups (broad SMARTS) is 2. The largest absolute Gasteiger partial charge is 0.481 e. The van der Waals surface area contributed by atoms with Crippen molar-refractivity contribution in [2.24, 2.45) is 23.3 Å². The molecule has 0 fully saturated rings. The molecular formula is C25H45N6O13P. The van der Waals surface area contributed by atoms with Gasteiger partial charge in [-0.05, 0) is 24.7 Å². The van der Waals surface area contributed by atoms with E-state index in [0.29, 0.717) is 12.8 Å². The van der Waals surface area contributed by atoms with Gasteiger partial charge in [0.05, 0.1) is 12.6 Å². The lowest BCUT2D eigenvalue weighted by Crippen LogP contribution is -2.60. The molecule has 0 aliphatic rings. The lowest BCUT2D eigenvalue weighted by atomic mass is 9.95. The van der Waals surface area contributed by atoms with E-state index in [1.807, 2.05) is 6.92 Å². The first-order valence-electron chi connectivity index (χ1n) is 14.1. The second-order valence-electron chi connectivity index (χ2n) is 10.5. The molecule has 20 heteroatoms. The number of hydrogen-bond donors (Lipinski definition) is 10. The Balaban J connectivity index is 6.19. The number of primary amides is 1. The molecule has 0 saturated heterocycles. The van der Waals surface area contributed by atoms with Crippen LogP contribution in [0.2, 0.25) is 0 Å². The van der Waals surface area contributed by atoms with Crippen molar-refractivity contribution in [1.82, 2.24) is 21.3 Å². The fraction of sp³-hybridized carbons (Fsp3) is 0.720. The molecule has 0 aromatic carbocycles. The van der Waals surface area contributed by atoms with Crippen molar-refractivity contribution in [3.63, 3.8) is 0 Å². The van der Waals surface area contributed by atoms with Gasteiger partial charge in [0.25, 0.3) is 0 Å². The predicted octanol–water partition coefficient (Wildman–Crippen LogP) is -2.33. The fourth-order valence-corrected chi connectivity index (χ4v) is 4.05. The molecule has 0 aromatic rings. The Hall–Kier alpha value is -3.64. The predicted molar refractivity (Wildman–Crippen MR) is 156 cm³/mol. The van der Waals surface area contributed by atoms with Crippen molar-refractivity contribution in [3.05, 3.63) is 0 Å². The molecule has 5 amide bonds. The van der Waals surface area contributed by atoms with Crippen LogP contribution >= 0.6 is 7.82 Å². The van der Waals surface area contributed by atoms with E-state index in [-0.39, 0.29) is 5.92 Å². The van der Waals surface area contributed by atoms with Crippen LogP contribution in [0.15, 0.2) is 0 Å². The van der Waals surface area contributed by atoms with Gasteiger partial charge in [-0.15, -0.1) is 0 Å². The maximum Gasteiger partial charge on any atom is 0.469 e. The summed E-state index contributed by atoms with van der Waals surface area (Å²) >= 11 is 0. The van der Waals surface area contributed by atoms with Gasteiger partial charge in [-0.1, -0.05) is 40.5 Å². The number of nitrogens with two attached hydrogens (primary N) is 2. The Morgan fingerprint density at radius 2 is 1.22 bits per heavy atom. The third kappa shape index (κ3) is 16.3.